The summed E-state index contributed by atoms with van der Waals surface area (Å²) in [4.78, 5) is 8.52. The van der Waals surface area contributed by atoms with Gasteiger partial charge in [-0.15, -0.1) is 0 Å². The molecule has 72 valence electrons. The van der Waals surface area contributed by atoms with Gasteiger partial charge < -0.3 is 4.48 Å². The van der Waals surface area contributed by atoms with Crippen LogP contribution in [0.2, 0.25) is 0 Å². The molecule has 0 radical (unpaired) electrons. The second-order valence-corrected chi connectivity index (χ2v) is 4.42. The number of quaternary nitrogens is 1. The molecule has 1 aromatic rings. The summed E-state index contributed by atoms with van der Waals surface area (Å²) >= 11 is 0. The Bertz CT molecular complexity index is 276. The highest BCUT2D eigenvalue weighted by Gasteiger charge is 2.07. The predicted octanol–water partition coefficient (Wildman–Crippen LogP) is 1.03. The Hall–Kier alpha value is -0.960. The van der Waals surface area contributed by atoms with Gasteiger partial charge in [-0.2, -0.15) is 0 Å². The number of hydrogen-bond donors (Lipinski definition) is 0. The highest BCUT2D eigenvalue weighted by molar-refractivity contribution is 5.01. The van der Waals surface area contributed by atoms with E-state index in [1.165, 1.54) is 0 Å². The summed E-state index contributed by atoms with van der Waals surface area (Å²) in [6.07, 6.45) is 4.64. The van der Waals surface area contributed by atoms with Gasteiger partial charge in [0.15, 0.2) is 0 Å². The Balaban J connectivity index is 2.55. The van der Waals surface area contributed by atoms with Crippen molar-refractivity contribution >= 4 is 0 Å². The van der Waals surface area contributed by atoms with Crippen LogP contribution in [0.3, 0.4) is 0 Å². The molecule has 0 spiro atoms. The smallest absolute Gasteiger partial charge is 0.0837 e. The van der Waals surface area contributed by atoms with E-state index in [-0.39, 0.29) is 0 Å². The van der Waals surface area contributed by atoms with Crippen LogP contribution >= 0.6 is 0 Å². The molecule has 0 aliphatic carbocycles. The maximum atomic E-state index is 4.40. The van der Waals surface area contributed by atoms with Gasteiger partial charge in [0.25, 0.3) is 0 Å². The summed E-state index contributed by atoms with van der Waals surface area (Å²) < 4.78 is 0.968. The van der Waals surface area contributed by atoms with E-state index in [0.717, 1.165) is 28.8 Å². The number of hydrogen-bond acceptors (Lipinski definition) is 2. The van der Waals surface area contributed by atoms with Crippen LogP contribution in [0, 0.1) is 6.92 Å². The van der Waals surface area contributed by atoms with Crippen LogP contribution in [0.1, 0.15) is 11.4 Å². The number of aromatic nitrogens is 2. The molecule has 0 amide bonds. The fourth-order valence-corrected chi connectivity index (χ4v) is 1.09. The molecule has 1 aromatic heterocycles. The van der Waals surface area contributed by atoms with Crippen LogP contribution in [0.25, 0.3) is 0 Å². The van der Waals surface area contributed by atoms with E-state index in [9.17, 15) is 0 Å². The first-order valence-corrected chi connectivity index (χ1v) is 4.55. The van der Waals surface area contributed by atoms with Crippen molar-refractivity contribution in [3.63, 3.8) is 0 Å². The molecular formula is C10H18N3+. The van der Waals surface area contributed by atoms with Gasteiger partial charge in [0, 0.05) is 18.8 Å². The maximum Gasteiger partial charge on any atom is 0.0837 e. The van der Waals surface area contributed by atoms with Crippen molar-refractivity contribution in [1.29, 1.82) is 0 Å². The number of rotatable bonds is 3. The third-order valence-electron chi connectivity index (χ3n) is 1.84. The van der Waals surface area contributed by atoms with Crippen molar-refractivity contribution in [3.8, 4) is 0 Å². The van der Waals surface area contributed by atoms with E-state index in [0.29, 0.717) is 0 Å². The lowest BCUT2D eigenvalue weighted by Crippen LogP contribution is -2.36. The summed E-state index contributed by atoms with van der Waals surface area (Å²) in [7, 11) is 6.55. The van der Waals surface area contributed by atoms with E-state index in [1.807, 2.05) is 13.1 Å². The van der Waals surface area contributed by atoms with Gasteiger partial charge in [-0.1, -0.05) is 0 Å². The molecule has 0 unspecified atom stereocenters. The minimum atomic E-state index is 0.968. The van der Waals surface area contributed by atoms with E-state index in [1.54, 1.807) is 6.20 Å². The molecule has 0 atom stereocenters. The van der Waals surface area contributed by atoms with Gasteiger partial charge in [-0.25, -0.2) is 0 Å². The van der Waals surface area contributed by atoms with Gasteiger partial charge in [0.1, 0.15) is 0 Å². The summed E-state index contributed by atoms with van der Waals surface area (Å²) in [6, 6.07) is 0. The zero-order valence-corrected chi connectivity index (χ0v) is 8.91. The van der Waals surface area contributed by atoms with E-state index in [2.05, 4.69) is 31.1 Å². The van der Waals surface area contributed by atoms with Crippen LogP contribution in [0.5, 0.6) is 0 Å². The molecule has 3 nitrogen and oxygen atoms in total. The quantitative estimate of drug-likeness (QED) is 0.649. The van der Waals surface area contributed by atoms with Crippen LogP contribution in [0.15, 0.2) is 12.4 Å². The summed E-state index contributed by atoms with van der Waals surface area (Å²) in [5, 5.41) is 0. The molecule has 1 heterocycles. The van der Waals surface area contributed by atoms with Crippen molar-refractivity contribution in [2.24, 2.45) is 0 Å². The van der Waals surface area contributed by atoms with Crippen LogP contribution in [-0.4, -0.2) is 42.1 Å². The highest BCUT2D eigenvalue weighted by Crippen LogP contribution is 1.99. The van der Waals surface area contributed by atoms with Crippen LogP contribution in [0.4, 0.5) is 0 Å². The van der Waals surface area contributed by atoms with Gasteiger partial charge >= 0.3 is 0 Å². The fourth-order valence-electron chi connectivity index (χ4n) is 1.09. The van der Waals surface area contributed by atoms with Crippen LogP contribution < -0.4 is 0 Å². The van der Waals surface area contributed by atoms with Crippen LogP contribution in [-0.2, 0) is 6.42 Å². The molecule has 3 heteroatoms. The predicted molar refractivity (Wildman–Crippen MR) is 53.4 cm³/mol. The van der Waals surface area contributed by atoms with Gasteiger partial charge in [0.05, 0.1) is 39.1 Å². The lowest BCUT2D eigenvalue weighted by Gasteiger charge is -2.23. The van der Waals surface area contributed by atoms with Crippen molar-refractivity contribution in [1.82, 2.24) is 9.97 Å². The molecule has 0 aliphatic heterocycles. The van der Waals surface area contributed by atoms with Crippen molar-refractivity contribution in [2.45, 2.75) is 13.3 Å². The molecule has 0 N–H and O–H groups in total. The van der Waals surface area contributed by atoms with E-state index in [4.69, 9.17) is 0 Å². The molecule has 0 aromatic carbocycles. The standard InChI is InChI=1S/C10H18N3/c1-9-7-11-8-10(12-9)5-6-13(2,3)4/h7-8H,5-6H2,1-4H3/q+1. The Morgan fingerprint density at radius 3 is 2.46 bits per heavy atom. The highest BCUT2D eigenvalue weighted by atomic mass is 15.3. The summed E-state index contributed by atoms with van der Waals surface area (Å²) in [5.74, 6) is 0. The second-order valence-electron chi connectivity index (χ2n) is 4.42. The zero-order valence-electron chi connectivity index (χ0n) is 8.91. The van der Waals surface area contributed by atoms with Gasteiger partial charge in [0.2, 0.25) is 0 Å². The molecule has 0 fully saturated rings. The molecule has 0 aliphatic rings. The van der Waals surface area contributed by atoms with Crippen molar-refractivity contribution in [3.05, 3.63) is 23.8 Å². The number of aryl methyl sites for hydroxylation is 1. The molecule has 0 saturated heterocycles. The Morgan fingerprint density at radius 1 is 1.23 bits per heavy atom. The monoisotopic (exact) mass is 180 g/mol. The minimum Gasteiger partial charge on any atom is -0.331 e. The number of likely N-dealkylation sites (N-methyl/N-ethyl adjacent to an activating group) is 1. The maximum absolute atomic E-state index is 4.40. The average molecular weight is 180 g/mol. The van der Waals surface area contributed by atoms with Crippen molar-refractivity contribution in [2.75, 3.05) is 27.7 Å². The molecule has 13 heavy (non-hydrogen) atoms. The SMILES string of the molecule is Cc1cncc(CC[N+](C)(C)C)n1. The Labute approximate surface area is 80.0 Å². The van der Waals surface area contributed by atoms with E-state index >= 15 is 0 Å². The first-order valence-electron chi connectivity index (χ1n) is 4.55. The normalized spacial score (nSPS) is 11.7. The number of nitrogens with zero attached hydrogens (tertiary/aromatic N) is 3. The second kappa shape index (κ2) is 3.83. The molecular weight excluding hydrogens is 162 g/mol. The summed E-state index contributed by atoms with van der Waals surface area (Å²) in [6.45, 7) is 3.07. The van der Waals surface area contributed by atoms with Gasteiger partial charge in [-0.05, 0) is 6.92 Å². The molecule has 0 saturated carbocycles. The summed E-state index contributed by atoms with van der Waals surface area (Å²) in [5.41, 5.74) is 2.09. The Kier molecular flexibility index (Phi) is 2.98. The third-order valence-corrected chi connectivity index (χ3v) is 1.84. The van der Waals surface area contributed by atoms with E-state index < -0.39 is 0 Å². The first-order chi connectivity index (χ1) is 5.97. The zero-order chi connectivity index (χ0) is 9.90. The molecule has 1 rings (SSSR count). The Morgan fingerprint density at radius 2 is 1.92 bits per heavy atom. The fraction of sp³-hybridized carbons (Fsp3) is 0.600. The third kappa shape index (κ3) is 3.99. The lowest BCUT2D eigenvalue weighted by atomic mass is 10.3. The largest absolute Gasteiger partial charge is 0.331 e. The first kappa shape index (κ1) is 10.1. The minimum absolute atomic E-state index is 0.968. The van der Waals surface area contributed by atoms with Crippen molar-refractivity contribution < 1.29 is 4.48 Å². The topological polar surface area (TPSA) is 25.8 Å². The van der Waals surface area contributed by atoms with Gasteiger partial charge in [-0.3, -0.25) is 9.97 Å². The lowest BCUT2D eigenvalue weighted by molar-refractivity contribution is -0.870. The average Bonchev–Trinajstić information content (AvgIpc) is 2.00. The molecule has 0 bridgehead atoms.